The summed E-state index contributed by atoms with van der Waals surface area (Å²) in [5.74, 6) is -0.676. The molecule has 0 aliphatic heterocycles. The molecular formula is C18H19FN2O3S. The van der Waals surface area contributed by atoms with Gasteiger partial charge in [0.25, 0.3) is 5.91 Å². The summed E-state index contributed by atoms with van der Waals surface area (Å²) in [7, 11) is -3.59. The summed E-state index contributed by atoms with van der Waals surface area (Å²) in [4.78, 5) is 12.3. The number of benzene rings is 2. The molecule has 25 heavy (non-hydrogen) atoms. The lowest BCUT2D eigenvalue weighted by atomic mass is 10.1. The van der Waals surface area contributed by atoms with Gasteiger partial charge >= 0.3 is 0 Å². The van der Waals surface area contributed by atoms with E-state index in [4.69, 9.17) is 0 Å². The molecule has 0 unspecified atom stereocenters. The van der Waals surface area contributed by atoms with Gasteiger partial charge in [-0.15, -0.1) is 0 Å². The van der Waals surface area contributed by atoms with Gasteiger partial charge in [-0.05, 0) is 55.2 Å². The summed E-state index contributed by atoms with van der Waals surface area (Å²) in [6.07, 6.45) is 2.18. The molecule has 0 aromatic heterocycles. The van der Waals surface area contributed by atoms with Gasteiger partial charge in [-0.25, -0.2) is 17.5 Å². The van der Waals surface area contributed by atoms with Crippen molar-refractivity contribution >= 4 is 15.9 Å². The van der Waals surface area contributed by atoms with E-state index in [9.17, 15) is 17.6 Å². The van der Waals surface area contributed by atoms with Crippen LogP contribution in [0.5, 0.6) is 0 Å². The number of halogens is 1. The Kier molecular flexibility index (Phi) is 5.15. The van der Waals surface area contributed by atoms with E-state index in [0.29, 0.717) is 13.0 Å². The van der Waals surface area contributed by atoms with Crippen LogP contribution >= 0.6 is 0 Å². The second kappa shape index (κ2) is 7.33. The molecule has 2 aromatic rings. The Labute approximate surface area is 146 Å². The summed E-state index contributed by atoms with van der Waals surface area (Å²) in [5.41, 5.74) is 1.06. The average Bonchev–Trinajstić information content (AvgIpc) is 3.38. The largest absolute Gasteiger partial charge is 0.352 e. The Bertz CT molecular complexity index is 879. The highest BCUT2D eigenvalue weighted by atomic mass is 32.2. The normalized spacial score (nSPS) is 14.3. The van der Waals surface area contributed by atoms with E-state index in [2.05, 4.69) is 10.0 Å². The minimum absolute atomic E-state index is 0.00810. The van der Waals surface area contributed by atoms with Crippen LogP contribution in [0.3, 0.4) is 0 Å². The molecule has 7 heteroatoms. The third-order valence-corrected chi connectivity index (χ3v) is 5.41. The first-order chi connectivity index (χ1) is 11.9. The van der Waals surface area contributed by atoms with E-state index in [1.54, 1.807) is 24.3 Å². The standard InChI is InChI=1S/C18H19FN2O3S/c19-15-5-1-3-13(11-15)9-10-20-18(22)14-4-2-6-17(12-14)25(23,24)21-16-7-8-16/h1-6,11-12,16,21H,7-10H2,(H,20,22). The van der Waals surface area contributed by atoms with Gasteiger partial charge in [-0.1, -0.05) is 18.2 Å². The summed E-state index contributed by atoms with van der Waals surface area (Å²) >= 11 is 0. The Morgan fingerprint density at radius 2 is 1.88 bits per heavy atom. The molecule has 132 valence electrons. The number of hydrogen-bond donors (Lipinski definition) is 2. The van der Waals surface area contributed by atoms with Crippen LogP contribution in [0.25, 0.3) is 0 Å². The predicted octanol–water partition coefficient (Wildman–Crippen LogP) is 2.24. The lowest BCUT2D eigenvalue weighted by Crippen LogP contribution is -2.28. The molecule has 1 fully saturated rings. The molecule has 0 bridgehead atoms. The van der Waals surface area contributed by atoms with Crippen molar-refractivity contribution in [2.45, 2.75) is 30.2 Å². The molecular weight excluding hydrogens is 343 g/mol. The Morgan fingerprint density at radius 1 is 1.12 bits per heavy atom. The van der Waals surface area contributed by atoms with E-state index in [0.717, 1.165) is 18.4 Å². The molecule has 0 atom stereocenters. The quantitative estimate of drug-likeness (QED) is 0.793. The van der Waals surface area contributed by atoms with Crippen LogP contribution in [0.1, 0.15) is 28.8 Å². The van der Waals surface area contributed by atoms with Gasteiger partial charge in [0, 0.05) is 18.2 Å². The van der Waals surface area contributed by atoms with Crippen LogP contribution < -0.4 is 10.0 Å². The zero-order valence-electron chi connectivity index (χ0n) is 13.5. The van der Waals surface area contributed by atoms with Gasteiger partial charge in [0.2, 0.25) is 10.0 Å². The van der Waals surface area contributed by atoms with Crippen LogP contribution in [-0.4, -0.2) is 26.9 Å². The van der Waals surface area contributed by atoms with Gasteiger partial charge in [-0.3, -0.25) is 4.79 Å². The molecule has 0 heterocycles. The molecule has 1 aliphatic rings. The summed E-state index contributed by atoms with van der Waals surface area (Å²) in [6.45, 7) is 0.333. The number of carbonyl (C=O) groups is 1. The number of sulfonamides is 1. The Morgan fingerprint density at radius 3 is 2.60 bits per heavy atom. The molecule has 2 N–H and O–H groups in total. The van der Waals surface area contributed by atoms with Crippen LogP contribution in [0.15, 0.2) is 53.4 Å². The van der Waals surface area contributed by atoms with Crippen molar-refractivity contribution in [2.24, 2.45) is 0 Å². The van der Waals surface area contributed by atoms with Gasteiger partial charge in [0.1, 0.15) is 5.82 Å². The lowest BCUT2D eigenvalue weighted by molar-refractivity contribution is 0.0954. The second-order valence-corrected chi connectivity index (χ2v) is 7.77. The monoisotopic (exact) mass is 362 g/mol. The molecule has 0 saturated heterocycles. The molecule has 0 radical (unpaired) electrons. The molecule has 2 aromatic carbocycles. The molecule has 1 saturated carbocycles. The number of hydrogen-bond acceptors (Lipinski definition) is 3. The topological polar surface area (TPSA) is 75.3 Å². The average molecular weight is 362 g/mol. The second-order valence-electron chi connectivity index (χ2n) is 6.06. The molecule has 1 aliphatic carbocycles. The number of carbonyl (C=O) groups excluding carboxylic acids is 1. The highest BCUT2D eigenvalue weighted by Gasteiger charge is 2.28. The first-order valence-corrected chi connectivity index (χ1v) is 9.57. The number of amides is 1. The number of rotatable bonds is 7. The SMILES string of the molecule is O=C(NCCc1cccc(F)c1)c1cccc(S(=O)(=O)NC2CC2)c1. The van der Waals surface area contributed by atoms with E-state index in [-0.39, 0.29) is 28.2 Å². The lowest BCUT2D eigenvalue weighted by Gasteiger charge is -2.09. The zero-order valence-corrected chi connectivity index (χ0v) is 14.4. The van der Waals surface area contributed by atoms with E-state index in [1.807, 2.05) is 0 Å². The van der Waals surface area contributed by atoms with Crippen LogP contribution in [0.4, 0.5) is 4.39 Å². The van der Waals surface area contributed by atoms with Crippen LogP contribution in [0.2, 0.25) is 0 Å². The molecule has 1 amide bonds. The summed E-state index contributed by atoms with van der Waals surface area (Å²) in [6, 6.07) is 12.1. The summed E-state index contributed by atoms with van der Waals surface area (Å²) < 4.78 is 40.1. The minimum Gasteiger partial charge on any atom is -0.352 e. The first-order valence-electron chi connectivity index (χ1n) is 8.09. The van der Waals surface area contributed by atoms with Gasteiger partial charge < -0.3 is 5.32 Å². The fourth-order valence-electron chi connectivity index (χ4n) is 2.41. The van der Waals surface area contributed by atoms with Crippen LogP contribution in [0, 0.1) is 5.82 Å². The van der Waals surface area contributed by atoms with Crippen molar-refractivity contribution in [1.82, 2.24) is 10.0 Å². The minimum atomic E-state index is -3.59. The fraction of sp³-hybridized carbons (Fsp3) is 0.278. The molecule has 5 nitrogen and oxygen atoms in total. The maximum Gasteiger partial charge on any atom is 0.251 e. The van der Waals surface area contributed by atoms with Crippen molar-refractivity contribution in [3.8, 4) is 0 Å². The first kappa shape index (κ1) is 17.6. The summed E-state index contributed by atoms with van der Waals surface area (Å²) in [5, 5.41) is 2.72. The van der Waals surface area contributed by atoms with Crippen molar-refractivity contribution in [2.75, 3.05) is 6.54 Å². The highest BCUT2D eigenvalue weighted by molar-refractivity contribution is 7.89. The predicted molar refractivity (Wildman–Crippen MR) is 92.2 cm³/mol. The van der Waals surface area contributed by atoms with Crippen LogP contribution in [-0.2, 0) is 16.4 Å². The maximum atomic E-state index is 13.1. The van der Waals surface area contributed by atoms with Gasteiger partial charge in [-0.2, -0.15) is 0 Å². The fourth-order valence-corrected chi connectivity index (χ4v) is 3.76. The van der Waals surface area contributed by atoms with Gasteiger partial charge in [0.05, 0.1) is 4.90 Å². The third-order valence-electron chi connectivity index (χ3n) is 3.89. The smallest absolute Gasteiger partial charge is 0.251 e. The maximum absolute atomic E-state index is 13.1. The van der Waals surface area contributed by atoms with Crippen molar-refractivity contribution < 1.29 is 17.6 Å². The Hall–Kier alpha value is -2.25. The molecule has 0 spiro atoms. The molecule has 3 rings (SSSR count). The van der Waals surface area contributed by atoms with Gasteiger partial charge in [0.15, 0.2) is 0 Å². The van der Waals surface area contributed by atoms with E-state index >= 15 is 0 Å². The Balaban J connectivity index is 1.61. The zero-order chi connectivity index (χ0) is 17.9. The third kappa shape index (κ3) is 4.87. The van der Waals surface area contributed by atoms with Crippen molar-refractivity contribution in [3.05, 3.63) is 65.5 Å². The number of nitrogens with one attached hydrogen (secondary N) is 2. The van der Waals surface area contributed by atoms with Crippen molar-refractivity contribution in [3.63, 3.8) is 0 Å². The van der Waals surface area contributed by atoms with Crippen molar-refractivity contribution in [1.29, 1.82) is 0 Å². The van der Waals surface area contributed by atoms with E-state index in [1.165, 1.54) is 24.3 Å². The highest BCUT2D eigenvalue weighted by Crippen LogP contribution is 2.22. The van der Waals surface area contributed by atoms with E-state index < -0.39 is 10.0 Å².